The molecule has 0 aliphatic carbocycles. The molecule has 0 saturated carbocycles. The molecule has 3 aromatic heterocycles. The molecule has 0 fully saturated rings. The third-order valence-electron chi connectivity index (χ3n) is 2.92. The lowest BCUT2D eigenvalue weighted by atomic mass is 10.1. The number of nitrogens with zero attached hydrogens (tertiary/aromatic N) is 2. The Balaban J connectivity index is 1.85. The van der Waals surface area contributed by atoms with Gasteiger partial charge in [0.25, 0.3) is 0 Å². The van der Waals surface area contributed by atoms with Crippen LogP contribution < -0.4 is 0 Å². The lowest BCUT2D eigenvalue weighted by Crippen LogP contribution is -2.01. The van der Waals surface area contributed by atoms with E-state index in [-0.39, 0.29) is 0 Å². The molecule has 3 rings (SSSR count). The van der Waals surface area contributed by atoms with Gasteiger partial charge in [-0.1, -0.05) is 6.07 Å². The highest BCUT2D eigenvalue weighted by molar-refractivity contribution is 5.27. The lowest BCUT2D eigenvalue weighted by molar-refractivity contribution is 0.936. The van der Waals surface area contributed by atoms with E-state index in [2.05, 4.69) is 32.1 Å². The van der Waals surface area contributed by atoms with Crippen molar-refractivity contribution in [2.24, 2.45) is 0 Å². The van der Waals surface area contributed by atoms with Gasteiger partial charge in [0.15, 0.2) is 0 Å². The van der Waals surface area contributed by atoms with Crippen molar-refractivity contribution in [1.29, 1.82) is 0 Å². The second-order valence-electron chi connectivity index (χ2n) is 4.19. The number of H-pyrrole nitrogens is 2. The Kier molecular flexibility index (Phi) is 2.92. The van der Waals surface area contributed by atoms with Gasteiger partial charge in [-0.15, -0.1) is 0 Å². The third kappa shape index (κ3) is 2.32. The largest absolute Gasteiger partial charge is 0.365 e. The van der Waals surface area contributed by atoms with Crippen LogP contribution in [0.2, 0.25) is 0 Å². The minimum atomic E-state index is 0.740. The number of hydrogen-bond donors (Lipinski definition) is 2. The van der Waals surface area contributed by atoms with Gasteiger partial charge in [-0.25, -0.2) is 4.98 Å². The minimum Gasteiger partial charge on any atom is -0.365 e. The molecular formula is C14H14N4. The van der Waals surface area contributed by atoms with Crippen molar-refractivity contribution in [3.63, 3.8) is 0 Å². The Labute approximate surface area is 105 Å². The topological polar surface area (TPSA) is 57.4 Å². The quantitative estimate of drug-likeness (QED) is 0.732. The van der Waals surface area contributed by atoms with Gasteiger partial charge in [0, 0.05) is 43.3 Å². The summed E-state index contributed by atoms with van der Waals surface area (Å²) in [6.45, 7) is 0. The Morgan fingerprint density at radius 1 is 0.889 bits per heavy atom. The molecule has 0 amide bonds. The van der Waals surface area contributed by atoms with Gasteiger partial charge in [-0.2, -0.15) is 0 Å². The Morgan fingerprint density at radius 3 is 2.67 bits per heavy atom. The van der Waals surface area contributed by atoms with Crippen LogP contribution in [0.3, 0.4) is 0 Å². The maximum atomic E-state index is 4.46. The van der Waals surface area contributed by atoms with Gasteiger partial charge in [0.05, 0.1) is 5.69 Å². The predicted molar refractivity (Wildman–Crippen MR) is 69.2 cm³/mol. The van der Waals surface area contributed by atoms with Gasteiger partial charge in [0.1, 0.15) is 5.82 Å². The average molecular weight is 238 g/mol. The summed E-state index contributed by atoms with van der Waals surface area (Å²) < 4.78 is 0. The zero-order valence-electron chi connectivity index (χ0n) is 9.93. The van der Waals surface area contributed by atoms with E-state index >= 15 is 0 Å². The molecule has 0 atom stereocenters. The molecule has 0 unspecified atom stereocenters. The van der Waals surface area contributed by atoms with Crippen LogP contribution in [0.5, 0.6) is 0 Å². The fourth-order valence-electron chi connectivity index (χ4n) is 2.03. The summed E-state index contributed by atoms with van der Waals surface area (Å²) in [5.41, 5.74) is 3.50. The number of nitrogens with one attached hydrogen (secondary N) is 2. The maximum Gasteiger partial charge on any atom is 0.112 e. The number of aromatic nitrogens is 4. The Hall–Kier alpha value is -2.36. The smallest absolute Gasteiger partial charge is 0.112 e. The minimum absolute atomic E-state index is 0.740. The second kappa shape index (κ2) is 4.87. The number of pyridine rings is 1. The summed E-state index contributed by atoms with van der Waals surface area (Å²) in [6, 6.07) is 8.19. The van der Waals surface area contributed by atoms with Crippen molar-refractivity contribution in [2.45, 2.75) is 12.8 Å². The fourth-order valence-corrected chi connectivity index (χ4v) is 2.03. The van der Waals surface area contributed by atoms with E-state index in [1.54, 1.807) is 6.20 Å². The van der Waals surface area contributed by atoms with Gasteiger partial charge >= 0.3 is 0 Å². The molecule has 0 aliphatic heterocycles. The lowest BCUT2D eigenvalue weighted by Gasteiger charge is -2.06. The summed E-state index contributed by atoms with van der Waals surface area (Å²) in [5, 5.41) is 0. The van der Waals surface area contributed by atoms with Crippen molar-refractivity contribution < 1.29 is 0 Å². The van der Waals surface area contributed by atoms with Crippen molar-refractivity contribution >= 4 is 0 Å². The summed E-state index contributed by atoms with van der Waals surface area (Å²) in [4.78, 5) is 15.0. The molecule has 4 nitrogen and oxygen atoms in total. The molecule has 0 bridgehead atoms. The van der Waals surface area contributed by atoms with Gasteiger partial charge in [0.2, 0.25) is 0 Å². The molecule has 0 radical (unpaired) electrons. The first-order valence-electron chi connectivity index (χ1n) is 5.95. The molecule has 0 aromatic carbocycles. The van der Waals surface area contributed by atoms with E-state index in [0.29, 0.717) is 0 Å². The normalized spacial score (nSPS) is 10.7. The number of imidazole rings is 1. The van der Waals surface area contributed by atoms with Gasteiger partial charge in [-0.3, -0.25) is 4.98 Å². The van der Waals surface area contributed by atoms with E-state index in [0.717, 1.165) is 24.4 Å². The zero-order chi connectivity index (χ0) is 12.2. The monoisotopic (exact) mass is 238 g/mol. The summed E-state index contributed by atoms with van der Waals surface area (Å²) in [7, 11) is 0. The van der Waals surface area contributed by atoms with Crippen molar-refractivity contribution in [2.75, 3.05) is 0 Å². The molecule has 0 spiro atoms. The SMILES string of the molecule is c1c[nH]c(Cc2cccnc2Cc2ncc[nH]2)c1. The van der Waals surface area contributed by atoms with Crippen LogP contribution in [0.4, 0.5) is 0 Å². The number of aromatic amines is 2. The average Bonchev–Trinajstić information content (AvgIpc) is 3.05. The first-order chi connectivity index (χ1) is 8.92. The van der Waals surface area contributed by atoms with Crippen LogP contribution in [0, 0.1) is 0 Å². The van der Waals surface area contributed by atoms with E-state index < -0.39 is 0 Å². The Bertz CT molecular complexity index is 541. The fraction of sp³-hybridized carbons (Fsp3) is 0.143. The zero-order valence-corrected chi connectivity index (χ0v) is 9.93. The van der Waals surface area contributed by atoms with Gasteiger partial charge in [-0.05, 0) is 23.8 Å². The van der Waals surface area contributed by atoms with Crippen LogP contribution in [-0.2, 0) is 12.8 Å². The number of rotatable bonds is 4. The first kappa shape index (κ1) is 10.8. The van der Waals surface area contributed by atoms with Gasteiger partial charge < -0.3 is 9.97 Å². The maximum absolute atomic E-state index is 4.46. The van der Waals surface area contributed by atoms with Crippen LogP contribution >= 0.6 is 0 Å². The molecule has 3 heterocycles. The number of hydrogen-bond acceptors (Lipinski definition) is 2. The Morgan fingerprint density at radius 2 is 1.89 bits per heavy atom. The van der Waals surface area contributed by atoms with Crippen molar-refractivity contribution in [3.8, 4) is 0 Å². The van der Waals surface area contributed by atoms with Crippen LogP contribution in [0.25, 0.3) is 0 Å². The van der Waals surface area contributed by atoms with E-state index in [9.17, 15) is 0 Å². The second-order valence-corrected chi connectivity index (χ2v) is 4.19. The molecule has 3 aromatic rings. The molecule has 0 saturated heterocycles. The summed E-state index contributed by atoms with van der Waals surface area (Å²) in [6.07, 6.45) is 8.99. The first-order valence-corrected chi connectivity index (χ1v) is 5.95. The molecule has 4 heteroatoms. The van der Waals surface area contributed by atoms with E-state index in [1.807, 2.05) is 30.7 Å². The highest BCUT2D eigenvalue weighted by Gasteiger charge is 2.07. The molecule has 18 heavy (non-hydrogen) atoms. The molecule has 90 valence electrons. The molecule has 0 aliphatic rings. The third-order valence-corrected chi connectivity index (χ3v) is 2.92. The molecule has 2 N–H and O–H groups in total. The summed E-state index contributed by atoms with van der Waals surface area (Å²) >= 11 is 0. The standard InChI is InChI=1S/C14H14N4/c1-3-11(9-12-4-2-5-15-12)13(16-6-1)10-14-17-7-8-18-14/h1-8,15H,9-10H2,(H,17,18). The van der Waals surface area contributed by atoms with Crippen LogP contribution in [-0.4, -0.2) is 19.9 Å². The highest BCUT2D eigenvalue weighted by atomic mass is 14.9. The highest BCUT2D eigenvalue weighted by Crippen LogP contribution is 2.13. The predicted octanol–water partition coefficient (Wildman–Crippen LogP) is 2.31. The van der Waals surface area contributed by atoms with E-state index in [4.69, 9.17) is 0 Å². The van der Waals surface area contributed by atoms with Crippen molar-refractivity contribution in [3.05, 3.63) is 71.8 Å². The van der Waals surface area contributed by atoms with Crippen LogP contribution in [0.1, 0.15) is 22.8 Å². The molecular weight excluding hydrogens is 224 g/mol. The van der Waals surface area contributed by atoms with E-state index in [1.165, 1.54) is 11.3 Å². The van der Waals surface area contributed by atoms with Crippen LogP contribution in [0.15, 0.2) is 49.1 Å². The summed E-state index contributed by atoms with van der Waals surface area (Å²) in [5.74, 6) is 0.946. The van der Waals surface area contributed by atoms with Crippen molar-refractivity contribution in [1.82, 2.24) is 19.9 Å².